The molecule has 2 bridgehead atoms. The third-order valence-corrected chi connectivity index (χ3v) is 5.06. The van der Waals surface area contributed by atoms with Gasteiger partial charge in [0, 0.05) is 18.6 Å². The van der Waals surface area contributed by atoms with E-state index in [2.05, 4.69) is 19.2 Å². The summed E-state index contributed by atoms with van der Waals surface area (Å²) < 4.78 is 0. The second-order valence-electron chi connectivity index (χ2n) is 6.45. The molecule has 0 aromatic rings. The molecule has 1 saturated heterocycles. The first-order valence-corrected chi connectivity index (χ1v) is 6.62. The first-order chi connectivity index (χ1) is 7.55. The smallest absolute Gasteiger partial charge is 0.317 e. The number of hydrogen-bond acceptors (Lipinski definition) is 1. The number of likely N-dealkylation sites (tertiary alicyclic amines) is 1. The van der Waals surface area contributed by atoms with Crippen LogP contribution in [0.25, 0.3) is 0 Å². The molecule has 90 valence electrons. The van der Waals surface area contributed by atoms with Crippen LogP contribution in [0.1, 0.15) is 46.0 Å². The van der Waals surface area contributed by atoms with Crippen LogP contribution in [0.5, 0.6) is 0 Å². The highest BCUT2D eigenvalue weighted by Crippen LogP contribution is 2.70. The Labute approximate surface area is 97.6 Å². The summed E-state index contributed by atoms with van der Waals surface area (Å²) in [4.78, 5) is 13.9. The van der Waals surface area contributed by atoms with E-state index in [-0.39, 0.29) is 11.6 Å². The first-order valence-electron chi connectivity index (χ1n) is 6.62. The maximum Gasteiger partial charge on any atom is 0.317 e. The lowest BCUT2D eigenvalue weighted by Crippen LogP contribution is -2.76. The van der Waals surface area contributed by atoms with Gasteiger partial charge in [-0.1, -0.05) is 13.8 Å². The summed E-state index contributed by atoms with van der Waals surface area (Å²) in [5.41, 5.74) is 0.780. The molecule has 3 saturated carbocycles. The first kappa shape index (κ1) is 10.4. The molecule has 1 aliphatic heterocycles. The van der Waals surface area contributed by atoms with E-state index in [9.17, 15) is 4.79 Å². The summed E-state index contributed by atoms with van der Waals surface area (Å²) in [5.74, 6) is 0.776. The lowest BCUT2D eigenvalue weighted by molar-refractivity contribution is -0.177. The summed E-state index contributed by atoms with van der Waals surface area (Å²) in [6.45, 7) is 6.53. The van der Waals surface area contributed by atoms with Crippen molar-refractivity contribution < 1.29 is 4.79 Å². The highest BCUT2D eigenvalue weighted by atomic mass is 16.2. The SMILES string of the molecule is CC(C)C12CC(NC(=O)N3CCCC3)(C1)C2. The standard InChI is InChI=1S/C13H22N2O/c1-10(2)12-7-13(8-12,9-12)14-11(16)15-5-3-4-6-15/h10H,3-9H2,1-2H3,(H,14,16). The Kier molecular flexibility index (Phi) is 2.05. The molecule has 0 aromatic heterocycles. The molecule has 0 atom stereocenters. The Morgan fingerprint density at radius 3 is 2.25 bits per heavy atom. The number of amides is 2. The van der Waals surface area contributed by atoms with Gasteiger partial charge >= 0.3 is 6.03 Å². The van der Waals surface area contributed by atoms with Gasteiger partial charge in [0.05, 0.1) is 0 Å². The zero-order chi connectivity index (χ0) is 11.4. The molecule has 4 rings (SSSR count). The van der Waals surface area contributed by atoms with Crippen molar-refractivity contribution in [2.75, 3.05) is 13.1 Å². The van der Waals surface area contributed by atoms with Crippen LogP contribution in [0.2, 0.25) is 0 Å². The van der Waals surface area contributed by atoms with Crippen molar-refractivity contribution in [2.45, 2.75) is 51.5 Å². The quantitative estimate of drug-likeness (QED) is 0.764. The number of urea groups is 1. The van der Waals surface area contributed by atoms with Gasteiger partial charge in [-0.15, -0.1) is 0 Å². The third-order valence-electron chi connectivity index (χ3n) is 5.06. The second-order valence-corrected chi connectivity index (χ2v) is 6.45. The van der Waals surface area contributed by atoms with E-state index < -0.39 is 0 Å². The molecule has 4 aliphatic rings. The van der Waals surface area contributed by atoms with Crippen LogP contribution in [-0.4, -0.2) is 29.6 Å². The van der Waals surface area contributed by atoms with Crippen LogP contribution in [-0.2, 0) is 0 Å². The highest BCUT2D eigenvalue weighted by molar-refractivity contribution is 5.76. The number of nitrogens with zero attached hydrogens (tertiary/aromatic N) is 1. The molecule has 3 nitrogen and oxygen atoms in total. The average Bonchev–Trinajstić information content (AvgIpc) is 2.59. The summed E-state index contributed by atoms with van der Waals surface area (Å²) >= 11 is 0. The normalized spacial score (nSPS) is 40.6. The van der Waals surface area contributed by atoms with Crippen LogP contribution in [0.3, 0.4) is 0 Å². The Bertz CT molecular complexity index is 298. The maximum atomic E-state index is 12.0. The van der Waals surface area contributed by atoms with Gasteiger partial charge in [-0.3, -0.25) is 0 Å². The molecule has 3 aliphatic carbocycles. The zero-order valence-corrected chi connectivity index (χ0v) is 10.4. The van der Waals surface area contributed by atoms with Gasteiger partial charge in [0.15, 0.2) is 0 Å². The minimum atomic E-state index is 0.189. The number of hydrogen-bond donors (Lipinski definition) is 1. The van der Waals surface area contributed by atoms with Gasteiger partial charge in [-0.05, 0) is 43.4 Å². The fourth-order valence-electron chi connectivity index (χ4n) is 3.84. The van der Waals surface area contributed by atoms with Gasteiger partial charge in [0.2, 0.25) is 0 Å². The molecule has 4 fully saturated rings. The predicted octanol–water partition coefficient (Wildman–Crippen LogP) is 2.37. The lowest BCUT2D eigenvalue weighted by atomic mass is 9.36. The number of rotatable bonds is 2. The Morgan fingerprint density at radius 1 is 1.19 bits per heavy atom. The van der Waals surface area contributed by atoms with Crippen LogP contribution in [0, 0.1) is 11.3 Å². The minimum Gasteiger partial charge on any atom is -0.332 e. The maximum absolute atomic E-state index is 12.0. The van der Waals surface area contributed by atoms with Crippen molar-refractivity contribution in [3.8, 4) is 0 Å². The Balaban J connectivity index is 1.53. The monoisotopic (exact) mass is 222 g/mol. The van der Waals surface area contributed by atoms with E-state index in [4.69, 9.17) is 0 Å². The van der Waals surface area contributed by atoms with Gasteiger partial charge in [0.1, 0.15) is 0 Å². The van der Waals surface area contributed by atoms with Crippen LogP contribution < -0.4 is 5.32 Å². The molecule has 3 heteroatoms. The average molecular weight is 222 g/mol. The van der Waals surface area contributed by atoms with Crippen LogP contribution in [0.4, 0.5) is 4.79 Å². The van der Waals surface area contributed by atoms with Crippen molar-refractivity contribution >= 4 is 6.03 Å². The Morgan fingerprint density at radius 2 is 1.75 bits per heavy atom. The van der Waals surface area contributed by atoms with E-state index in [0.29, 0.717) is 5.41 Å². The van der Waals surface area contributed by atoms with Crippen molar-refractivity contribution in [3.05, 3.63) is 0 Å². The van der Waals surface area contributed by atoms with Crippen molar-refractivity contribution in [1.82, 2.24) is 10.2 Å². The van der Waals surface area contributed by atoms with Crippen LogP contribution >= 0.6 is 0 Å². The fourth-order valence-corrected chi connectivity index (χ4v) is 3.84. The van der Waals surface area contributed by atoms with E-state index in [0.717, 1.165) is 19.0 Å². The predicted molar refractivity (Wildman–Crippen MR) is 63.2 cm³/mol. The minimum absolute atomic E-state index is 0.189. The van der Waals surface area contributed by atoms with E-state index in [1.54, 1.807) is 0 Å². The van der Waals surface area contributed by atoms with Crippen molar-refractivity contribution in [3.63, 3.8) is 0 Å². The molecule has 0 spiro atoms. The van der Waals surface area contributed by atoms with Crippen LogP contribution in [0.15, 0.2) is 0 Å². The number of carbonyl (C=O) groups is 1. The summed E-state index contributed by atoms with van der Waals surface area (Å²) in [6, 6.07) is 0.189. The molecule has 1 heterocycles. The van der Waals surface area contributed by atoms with Crippen molar-refractivity contribution in [2.24, 2.45) is 11.3 Å². The largest absolute Gasteiger partial charge is 0.332 e. The number of nitrogens with one attached hydrogen (secondary N) is 1. The second kappa shape index (κ2) is 3.14. The molecular weight excluding hydrogens is 200 g/mol. The van der Waals surface area contributed by atoms with E-state index in [1.165, 1.54) is 32.1 Å². The number of carbonyl (C=O) groups excluding carboxylic acids is 1. The molecule has 0 radical (unpaired) electrons. The zero-order valence-electron chi connectivity index (χ0n) is 10.4. The molecule has 16 heavy (non-hydrogen) atoms. The molecule has 1 N–H and O–H groups in total. The van der Waals surface area contributed by atoms with E-state index >= 15 is 0 Å². The third kappa shape index (κ3) is 1.30. The topological polar surface area (TPSA) is 32.3 Å². The Hall–Kier alpha value is -0.730. The molecule has 0 aromatic carbocycles. The van der Waals surface area contributed by atoms with Gasteiger partial charge in [-0.2, -0.15) is 0 Å². The highest BCUT2D eigenvalue weighted by Gasteiger charge is 2.69. The summed E-state index contributed by atoms with van der Waals surface area (Å²) in [5, 5.41) is 3.27. The van der Waals surface area contributed by atoms with E-state index in [1.807, 2.05) is 4.90 Å². The van der Waals surface area contributed by atoms with Gasteiger partial charge in [0.25, 0.3) is 0 Å². The molecule has 2 amide bonds. The summed E-state index contributed by atoms with van der Waals surface area (Å²) in [7, 11) is 0. The van der Waals surface area contributed by atoms with Gasteiger partial charge in [-0.25, -0.2) is 4.79 Å². The van der Waals surface area contributed by atoms with Crippen molar-refractivity contribution in [1.29, 1.82) is 0 Å². The fraction of sp³-hybridized carbons (Fsp3) is 0.923. The van der Waals surface area contributed by atoms with Gasteiger partial charge < -0.3 is 10.2 Å². The lowest BCUT2D eigenvalue weighted by Gasteiger charge is -2.72. The molecule has 0 unspecified atom stereocenters. The molecular formula is C13H22N2O. The summed E-state index contributed by atoms with van der Waals surface area (Å²) in [6.07, 6.45) is 6.01.